The highest BCUT2D eigenvalue weighted by Gasteiger charge is 2.35. The molecule has 0 aromatic heterocycles. The Labute approximate surface area is 123 Å². The van der Waals surface area contributed by atoms with E-state index in [1.807, 2.05) is 13.8 Å². The summed E-state index contributed by atoms with van der Waals surface area (Å²) in [4.78, 5) is 14.1. The zero-order chi connectivity index (χ0) is 15.0. The first-order valence-corrected chi connectivity index (χ1v) is 8.32. The van der Waals surface area contributed by atoms with E-state index in [4.69, 9.17) is 0 Å². The maximum absolute atomic E-state index is 11.6. The molecule has 0 bridgehead atoms. The molecule has 1 aliphatic carbocycles. The van der Waals surface area contributed by atoms with Gasteiger partial charge in [-0.3, -0.25) is 4.79 Å². The van der Waals surface area contributed by atoms with Gasteiger partial charge < -0.3 is 15.3 Å². The van der Waals surface area contributed by atoms with E-state index >= 15 is 0 Å². The molecule has 0 radical (unpaired) electrons. The maximum atomic E-state index is 11.6. The third-order valence-electron chi connectivity index (χ3n) is 4.82. The molecular weight excluding hydrogens is 252 g/mol. The number of carboxylic acids is 1. The maximum Gasteiger partial charge on any atom is 0.323 e. The van der Waals surface area contributed by atoms with E-state index < -0.39 is 11.5 Å². The van der Waals surface area contributed by atoms with Crippen LogP contribution in [-0.4, -0.2) is 47.2 Å². The minimum atomic E-state index is -0.732. The van der Waals surface area contributed by atoms with Gasteiger partial charge in [-0.15, -0.1) is 0 Å². The van der Waals surface area contributed by atoms with Gasteiger partial charge in [0, 0.05) is 6.04 Å². The van der Waals surface area contributed by atoms with E-state index in [0.717, 1.165) is 32.0 Å². The minimum absolute atomic E-state index is 0.645. The number of carboxylic acid groups (broad SMARTS) is 1. The van der Waals surface area contributed by atoms with Crippen LogP contribution in [0.25, 0.3) is 0 Å². The number of hydrogen-bond acceptors (Lipinski definition) is 3. The summed E-state index contributed by atoms with van der Waals surface area (Å²) < 4.78 is 0. The Hall–Kier alpha value is -0.610. The number of aliphatic carboxylic acids is 1. The second kappa shape index (κ2) is 8.63. The van der Waals surface area contributed by atoms with Crippen molar-refractivity contribution in [3.05, 3.63) is 0 Å². The van der Waals surface area contributed by atoms with Gasteiger partial charge in [0.1, 0.15) is 5.54 Å². The van der Waals surface area contributed by atoms with Crippen molar-refractivity contribution in [1.29, 1.82) is 0 Å². The standard InChI is InChI=1S/C16H32N2O2/c1-4-16(15(19)20,17-5-2)12-9-13-18(6-3)14-10-7-8-11-14/h14,17H,4-13H2,1-3H3,(H,19,20). The van der Waals surface area contributed by atoms with Crippen LogP contribution in [0.5, 0.6) is 0 Å². The molecule has 0 aromatic carbocycles. The summed E-state index contributed by atoms with van der Waals surface area (Å²) in [5.74, 6) is -0.703. The van der Waals surface area contributed by atoms with E-state index in [0.29, 0.717) is 13.0 Å². The Kier molecular flexibility index (Phi) is 7.52. The number of likely N-dealkylation sites (N-methyl/N-ethyl adjacent to an activating group) is 1. The van der Waals surface area contributed by atoms with E-state index in [2.05, 4.69) is 17.1 Å². The van der Waals surface area contributed by atoms with Gasteiger partial charge >= 0.3 is 5.97 Å². The molecule has 0 amide bonds. The van der Waals surface area contributed by atoms with Crippen LogP contribution >= 0.6 is 0 Å². The van der Waals surface area contributed by atoms with Gasteiger partial charge in [-0.25, -0.2) is 0 Å². The first kappa shape index (κ1) is 17.4. The fourth-order valence-electron chi connectivity index (χ4n) is 3.51. The van der Waals surface area contributed by atoms with Gasteiger partial charge in [0.05, 0.1) is 0 Å². The van der Waals surface area contributed by atoms with Crippen molar-refractivity contribution in [2.75, 3.05) is 19.6 Å². The van der Waals surface area contributed by atoms with E-state index in [9.17, 15) is 9.90 Å². The van der Waals surface area contributed by atoms with E-state index in [1.165, 1.54) is 25.7 Å². The summed E-state index contributed by atoms with van der Waals surface area (Å²) in [6.45, 7) is 8.97. The number of carbonyl (C=O) groups is 1. The van der Waals surface area contributed by atoms with Crippen LogP contribution in [-0.2, 0) is 4.79 Å². The Bertz CT molecular complexity index is 290. The van der Waals surface area contributed by atoms with Gasteiger partial charge in [-0.2, -0.15) is 0 Å². The molecule has 0 aliphatic heterocycles. The molecule has 0 spiro atoms. The van der Waals surface area contributed by atoms with Crippen LogP contribution in [0.3, 0.4) is 0 Å². The average molecular weight is 284 g/mol. The molecule has 4 heteroatoms. The summed E-state index contributed by atoms with van der Waals surface area (Å²) >= 11 is 0. The second-order valence-electron chi connectivity index (χ2n) is 5.94. The Balaban J connectivity index is 2.47. The fourth-order valence-corrected chi connectivity index (χ4v) is 3.51. The summed E-state index contributed by atoms with van der Waals surface area (Å²) in [5, 5.41) is 12.7. The lowest BCUT2D eigenvalue weighted by atomic mass is 9.90. The second-order valence-corrected chi connectivity index (χ2v) is 5.94. The first-order chi connectivity index (χ1) is 9.59. The third kappa shape index (κ3) is 4.45. The molecule has 1 rings (SSSR count). The van der Waals surface area contributed by atoms with Crippen LogP contribution < -0.4 is 5.32 Å². The predicted octanol–water partition coefficient (Wildman–Crippen LogP) is 2.87. The van der Waals surface area contributed by atoms with Crippen LogP contribution in [0, 0.1) is 0 Å². The first-order valence-electron chi connectivity index (χ1n) is 8.32. The van der Waals surface area contributed by atoms with E-state index in [1.54, 1.807) is 0 Å². The molecule has 1 saturated carbocycles. The van der Waals surface area contributed by atoms with Crippen LogP contribution in [0.15, 0.2) is 0 Å². The SMILES string of the molecule is CCNC(CC)(CCCN(CC)C1CCCC1)C(=O)O. The average Bonchev–Trinajstić information content (AvgIpc) is 2.96. The van der Waals surface area contributed by atoms with Gasteiger partial charge in [-0.05, 0) is 51.7 Å². The van der Waals surface area contributed by atoms with Crippen LogP contribution in [0.1, 0.15) is 65.7 Å². The number of rotatable bonds is 10. The van der Waals surface area contributed by atoms with Crippen molar-refractivity contribution in [2.24, 2.45) is 0 Å². The molecular formula is C16H32N2O2. The Morgan fingerprint density at radius 1 is 1.30 bits per heavy atom. The lowest BCUT2D eigenvalue weighted by Crippen LogP contribution is -2.52. The summed E-state index contributed by atoms with van der Waals surface area (Å²) in [6, 6.07) is 0.736. The highest BCUT2D eigenvalue weighted by atomic mass is 16.4. The van der Waals surface area contributed by atoms with Gasteiger partial charge in [-0.1, -0.05) is 33.6 Å². The van der Waals surface area contributed by atoms with Gasteiger partial charge in [0.2, 0.25) is 0 Å². The highest BCUT2D eigenvalue weighted by Crippen LogP contribution is 2.24. The number of nitrogens with zero attached hydrogens (tertiary/aromatic N) is 1. The monoisotopic (exact) mass is 284 g/mol. The highest BCUT2D eigenvalue weighted by molar-refractivity contribution is 5.78. The van der Waals surface area contributed by atoms with Crippen molar-refractivity contribution in [2.45, 2.75) is 77.3 Å². The smallest absolute Gasteiger partial charge is 0.323 e. The summed E-state index contributed by atoms with van der Waals surface area (Å²) in [5.41, 5.74) is -0.732. The van der Waals surface area contributed by atoms with Crippen molar-refractivity contribution in [1.82, 2.24) is 10.2 Å². The van der Waals surface area contributed by atoms with E-state index in [-0.39, 0.29) is 0 Å². The van der Waals surface area contributed by atoms with Crippen molar-refractivity contribution in [3.63, 3.8) is 0 Å². The zero-order valence-corrected chi connectivity index (χ0v) is 13.5. The largest absolute Gasteiger partial charge is 0.480 e. The van der Waals surface area contributed by atoms with Crippen molar-refractivity contribution >= 4 is 5.97 Å². The minimum Gasteiger partial charge on any atom is -0.480 e. The quantitative estimate of drug-likeness (QED) is 0.648. The van der Waals surface area contributed by atoms with Crippen molar-refractivity contribution in [3.8, 4) is 0 Å². The molecule has 1 atom stereocenters. The Morgan fingerprint density at radius 3 is 2.40 bits per heavy atom. The summed E-state index contributed by atoms with van der Waals surface area (Å²) in [7, 11) is 0. The number of nitrogens with one attached hydrogen (secondary N) is 1. The molecule has 1 unspecified atom stereocenters. The van der Waals surface area contributed by atoms with Crippen molar-refractivity contribution < 1.29 is 9.90 Å². The topological polar surface area (TPSA) is 52.6 Å². The molecule has 0 saturated heterocycles. The molecule has 1 aliphatic rings. The zero-order valence-electron chi connectivity index (χ0n) is 13.5. The molecule has 20 heavy (non-hydrogen) atoms. The van der Waals surface area contributed by atoms with Crippen LogP contribution in [0.2, 0.25) is 0 Å². The third-order valence-corrected chi connectivity index (χ3v) is 4.82. The normalized spacial score (nSPS) is 19.4. The number of hydrogen-bond donors (Lipinski definition) is 2. The molecule has 4 nitrogen and oxygen atoms in total. The fraction of sp³-hybridized carbons (Fsp3) is 0.938. The molecule has 118 valence electrons. The lowest BCUT2D eigenvalue weighted by molar-refractivity contribution is -0.145. The molecule has 2 N–H and O–H groups in total. The Morgan fingerprint density at radius 2 is 1.95 bits per heavy atom. The lowest BCUT2D eigenvalue weighted by Gasteiger charge is -2.32. The molecule has 0 aromatic rings. The molecule has 1 fully saturated rings. The van der Waals surface area contributed by atoms with Gasteiger partial charge in [0.25, 0.3) is 0 Å². The summed E-state index contributed by atoms with van der Waals surface area (Å²) in [6.07, 6.45) is 7.66. The predicted molar refractivity (Wildman–Crippen MR) is 83.1 cm³/mol. The molecule has 0 heterocycles. The van der Waals surface area contributed by atoms with Gasteiger partial charge in [0.15, 0.2) is 0 Å². The van der Waals surface area contributed by atoms with Crippen LogP contribution in [0.4, 0.5) is 0 Å².